The van der Waals surface area contributed by atoms with E-state index in [4.69, 9.17) is 9.72 Å². The molecule has 1 aromatic carbocycles. The predicted molar refractivity (Wildman–Crippen MR) is 156 cm³/mol. The van der Waals surface area contributed by atoms with Crippen LogP contribution in [0, 0.1) is 5.82 Å². The van der Waals surface area contributed by atoms with Crippen LogP contribution in [-0.4, -0.2) is 65.1 Å². The van der Waals surface area contributed by atoms with Crippen LogP contribution in [0.4, 0.5) is 23.4 Å². The average Bonchev–Trinajstić information content (AvgIpc) is 2.94. The van der Waals surface area contributed by atoms with Gasteiger partial charge in [0.25, 0.3) is 12.0 Å². The third-order valence-corrected chi connectivity index (χ3v) is 8.55. The van der Waals surface area contributed by atoms with E-state index in [-0.39, 0.29) is 54.9 Å². The van der Waals surface area contributed by atoms with Crippen LogP contribution in [0.1, 0.15) is 68.0 Å². The molecule has 0 aliphatic carbocycles. The summed E-state index contributed by atoms with van der Waals surface area (Å²) in [5.41, 5.74) is -2.23. The SMILES string of the molecule is CC(=O)N1CCC(F)(c2cc3c(N[C@H](C)c4cccc(C(F)F)c4F)nc4c(c3n(C)c2=O)O[C@H](CN(C)C)CC4)CC1. The number of nitrogens with one attached hydrogen (secondary N) is 1. The first-order valence-electron chi connectivity index (χ1n) is 14.5. The highest BCUT2D eigenvalue weighted by Gasteiger charge is 2.40. The highest BCUT2D eigenvalue weighted by molar-refractivity contribution is 5.95. The van der Waals surface area contributed by atoms with Gasteiger partial charge in [-0.2, -0.15) is 0 Å². The van der Waals surface area contributed by atoms with Gasteiger partial charge in [-0.05, 0) is 39.9 Å². The van der Waals surface area contributed by atoms with Crippen LogP contribution in [0.5, 0.6) is 5.75 Å². The molecule has 1 amide bonds. The van der Waals surface area contributed by atoms with Gasteiger partial charge in [-0.15, -0.1) is 0 Å². The smallest absolute Gasteiger partial charge is 0.266 e. The molecule has 5 rings (SSSR count). The maximum atomic E-state index is 16.5. The minimum Gasteiger partial charge on any atom is -0.485 e. The lowest BCUT2D eigenvalue weighted by molar-refractivity contribution is -0.131. The Bertz CT molecular complexity index is 1600. The summed E-state index contributed by atoms with van der Waals surface area (Å²) in [6.45, 7) is 4.04. The summed E-state index contributed by atoms with van der Waals surface area (Å²) in [4.78, 5) is 34.0. The van der Waals surface area contributed by atoms with E-state index < -0.39 is 35.1 Å². The molecule has 4 heterocycles. The third kappa shape index (κ3) is 5.81. The molecule has 2 aromatic heterocycles. The van der Waals surface area contributed by atoms with Crippen LogP contribution < -0.4 is 15.6 Å². The van der Waals surface area contributed by atoms with E-state index in [1.165, 1.54) is 29.7 Å². The first kappa shape index (κ1) is 30.8. The number of carbonyl (C=O) groups excluding carboxylic acids is 1. The first-order chi connectivity index (χ1) is 20.3. The third-order valence-electron chi connectivity index (χ3n) is 8.55. The monoisotopic (exact) mass is 603 g/mol. The van der Waals surface area contributed by atoms with Crippen LogP contribution in [0.25, 0.3) is 10.9 Å². The fourth-order valence-electron chi connectivity index (χ4n) is 6.16. The van der Waals surface area contributed by atoms with Gasteiger partial charge >= 0.3 is 0 Å². The highest BCUT2D eigenvalue weighted by atomic mass is 19.3. The van der Waals surface area contributed by atoms with Crippen molar-refractivity contribution < 1.29 is 27.1 Å². The number of ether oxygens (including phenoxy) is 1. The van der Waals surface area contributed by atoms with E-state index in [0.717, 1.165) is 6.07 Å². The molecule has 3 aromatic rings. The Morgan fingerprint density at radius 3 is 2.53 bits per heavy atom. The summed E-state index contributed by atoms with van der Waals surface area (Å²) in [5.74, 6) is -0.470. The number of likely N-dealkylation sites (tertiary alicyclic amines) is 1. The number of fused-ring (bicyclic) bond motifs is 3. The molecule has 232 valence electrons. The van der Waals surface area contributed by atoms with Crippen LogP contribution >= 0.6 is 0 Å². The molecule has 2 aliphatic heterocycles. The second-order valence-corrected chi connectivity index (χ2v) is 11.9. The van der Waals surface area contributed by atoms with Crippen LogP contribution in [0.2, 0.25) is 0 Å². The number of hydrogen-bond acceptors (Lipinski definition) is 6. The van der Waals surface area contributed by atoms with Crippen molar-refractivity contribution in [2.24, 2.45) is 7.05 Å². The lowest BCUT2D eigenvalue weighted by atomic mass is 9.86. The number of alkyl halides is 3. The minimum atomic E-state index is -2.98. The molecule has 1 N–H and O–H groups in total. The van der Waals surface area contributed by atoms with Gasteiger partial charge in [-0.1, -0.05) is 18.2 Å². The van der Waals surface area contributed by atoms with Crippen molar-refractivity contribution >= 4 is 22.6 Å². The van der Waals surface area contributed by atoms with Gasteiger partial charge in [0.15, 0.2) is 5.75 Å². The Kier molecular flexibility index (Phi) is 8.43. The van der Waals surface area contributed by atoms with E-state index >= 15 is 8.78 Å². The number of anilines is 1. The van der Waals surface area contributed by atoms with Gasteiger partial charge < -0.3 is 24.4 Å². The van der Waals surface area contributed by atoms with Crippen molar-refractivity contribution in [3.05, 3.63) is 62.8 Å². The molecule has 0 saturated carbocycles. The summed E-state index contributed by atoms with van der Waals surface area (Å²) in [7, 11) is 5.43. The summed E-state index contributed by atoms with van der Waals surface area (Å²) in [6.07, 6.45) is -2.00. The maximum absolute atomic E-state index is 16.5. The molecular weight excluding hydrogens is 566 g/mol. The van der Waals surface area contributed by atoms with Gasteiger partial charge in [0.05, 0.1) is 28.4 Å². The van der Waals surface area contributed by atoms with Crippen molar-refractivity contribution in [2.45, 2.75) is 63.8 Å². The Morgan fingerprint density at radius 2 is 1.91 bits per heavy atom. The van der Waals surface area contributed by atoms with Gasteiger partial charge in [-0.25, -0.2) is 22.5 Å². The molecule has 0 unspecified atom stereocenters. The molecule has 1 fully saturated rings. The molecule has 0 bridgehead atoms. The number of carbonyl (C=O) groups is 1. The first-order valence-corrected chi connectivity index (χ1v) is 14.5. The zero-order chi connectivity index (χ0) is 31.2. The van der Waals surface area contributed by atoms with Gasteiger partial charge in [0, 0.05) is 57.4 Å². The number of aryl methyl sites for hydroxylation is 2. The molecule has 2 atom stereocenters. The van der Waals surface area contributed by atoms with Crippen molar-refractivity contribution in [3.8, 4) is 5.75 Å². The quantitative estimate of drug-likeness (QED) is 0.372. The summed E-state index contributed by atoms with van der Waals surface area (Å²) in [5, 5.41) is 3.56. The van der Waals surface area contributed by atoms with Crippen molar-refractivity contribution in [1.29, 1.82) is 0 Å². The minimum absolute atomic E-state index is 0.0244. The fraction of sp³-hybridized carbons (Fsp3) is 0.516. The van der Waals surface area contributed by atoms with Gasteiger partial charge in [0.2, 0.25) is 5.91 Å². The molecule has 8 nitrogen and oxygen atoms in total. The topological polar surface area (TPSA) is 79.7 Å². The number of aromatic nitrogens is 2. The van der Waals surface area contributed by atoms with Crippen LogP contribution in [0.3, 0.4) is 0 Å². The standard InChI is InChI=1S/C31H37F4N5O3/c1-17(20-7-6-8-21(25(20)32)28(33)34)36-29-22-15-23(31(35)11-13-40(14-12-31)18(2)41)30(42)39(5)26(22)27-24(37-29)10-9-19(43-27)16-38(3)4/h6-8,15,17,19,28H,9-14,16H2,1-5H3,(H,36,37)/t17-,19+/m1/s1. The lowest BCUT2D eigenvalue weighted by Gasteiger charge is -2.36. The Labute approximate surface area is 247 Å². The Morgan fingerprint density at radius 1 is 1.23 bits per heavy atom. The van der Waals surface area contributed by atoms with Crippen LogP contribution in [0.15, 0.2) is 29.1 Å². The predicted octanol–water partition coefficient (Wildman–Crippen LogP) is 5.25. The zero-order valence-electron chi connectivity index (χ0n) is 25.0. The van der Waals surface area contributed by atoms with Crippen LogP contribution in [-0.2, 0) is 23.9 Å². The molecule has 12 heteroatoms. The second-order valence-electron chi connectivity index (χ2n) is 11.9. The Balaban J connectivity index is 1.65. The summed E-state index contributed by atoms with van der Waals surface area (Å²) in [6, 6.07) is 4.53. The van der Waals surface area contributed by atoms with E-state index in [2.05, 4.69) is 5.32 Å². The number of amides is 1. The molecule has 43 heavy (non-hydrogen) atoms. The lowest BCUT2D eigenvalue weighted by Crippen LogP contribution is -2.45. The zero-order valence-corrected chi connectivity index (χ0v) is 25.0. The van der Waals surface area contributed by atoms with Gasteiger partial charge in [0.1, 0.15) is 23.4 Å². The number of likely N-dealkylation sites (N-methyl/N-ethyl adjacent to an activating group) is 1. The fourth-order valence-corrected chi connectivity index (χ4v) is 6.16. The number of benzene rings is 1. The molecule has 1 saturated heterocycles. The van der Waals surface area contributed by atoms with Crippen molar-refractivity contribution in [3.63, 3.8) is 0 Å². The number of piperidine rings is 1. The molecule has 0 spiro atoms. The van der Waals surface area contributed by atoms with E-state index in [0.29, 0.717) is 41.7 Å². The summed E-state index contributed by atoms with van der Waals surface area (Å²) >= 11 is 0. The second kappa shape index (κ2) is 11.8. The number of pyridine rings is 2. The Hall–Kier alpha value is -3.67. The molecular formula is C31H37F4N5O3. The van der Waals surface area contributed by atoms with E-state index in [9.17, 15) is 18.4 Å². The number of nitrogens with zero attached hydrogens (tertiary/aromatic N) is 4. The van der Waals surface area contributed by atoms with Crippen molar-refractivity contribution in [2.75, 3.05) is 39.0 Å². The maximum Gasteiger partial charge on any atom is 0.266 e. The average molecular weight is 604 g/mol. The van der Waals surface area contributed by atoms with Gasteiger partial charge in [-0.3, -0.25) is 9.59 Å². The number of rotatable bonds is 7. The van der Waals surface area contributed by atoms with E-state index in [1.54, 1.807) is 18.9 Å². The van der Waals surface area contributed by atoms with E-state index in [1.807, 2.05) is 19.0 Å². The normalized spacial score (nSPS) is 19.0. The summed E-state index contributed by atoms with van der Waals surface area (Å²) < 4.78 is 66.2. The molecule has 2 aliphatic rings. The number of halogens is 4. The van der Waals surface area contributed by atoms with Crippen molar-refractivity contribution in [1.82, 2.24) is 19.4 Å². The number of hydrogen-bond donors (Lipinski definition) is 1. The highest BCUT2D eigenvalue weighted by Crippen LogP contribution is 2.42. The molecule has 0 radical (unpaired) electrons. The largest absolute Gasteiger partial charge is 0.485 e.